The topological polar surface area (TPSA) is 29.9 Å². The molecule has 0 aliphatic heterocycles. The summed E-state index contributed by atoms with van der Waals surface area (Å²) < 4.78 is 15.2. The molecule has 20 heavy (non-hydrogen) atoms. The number of hydrogen-bond donors (Lipinski definition) is 1. The van der Waals surface area contributed by atoms with Gasteiger partial charge in [0, 0.05) is 18.4 Å². The molecule has 1 fully saturated rings. The molecule has 1 aliphatic carbocycles. The van der Waals surface area contributed by atoms with Crippen molar-refractivity contribution in [3.8, 4) is 5.69 Å². The first-order valence-electron chi connectivity index (χ1n) is 7.30. The van der Waals surface area contributed by atoms with E-state index in [9.17, 15) is 4.39 Å². The Balaban J connectivity index is 1.85. The molecule has 1 saturated carbocycles. The fourth-order valence-corrected chi connectivity index (χ4v) is 2.92. The van der Waals surface area contributed by atoms with Crippen LogP contribution in [0.5, 0.6) is 0 Å². The summed E-state index contributed by atoms with van der Waals surface area (Å²) in [7, 11) is 0. The number of aromatic nitrogens is 2. The molecule has 2 aromatic rings. The Morgan fingerprint density at radius 3 is 2.80 bits per heavy atom. The van der Waals surface area contributed by atoms with Crippen LogP contribution in [0, 0.1) is 12.7 Å². The zero-order valence-electron chi connectivity index (χ0n) is 11.8. The molecule has 1 heterocycles. The van der Waals surface area contributed by atoms with Gasteiger partial charge in [-0.15, -0.1) is 0 Å². The average molecular weight is 273 g/mol. The number of nitrogens with zero attached hydrogens (tertiary/aromatic N) is 2. The van der Waals surface area contributed by atoms with Crippen LogP contribution in [-0.2, 0) is 0 Å². The van der Waals surface area contributed by atoms with Crippen molar-refractivity contribution in [1.29, 1.82) is 0 Å². The van der Waals surface area contributed by atoms with Crippen LogP contribution < -0.4 is 5.32 Å². The van der Waals surface area contributed by atoms with Crippen LogP contribution in [-0.4, -0.2) is 15.6 Å². The second-order valence-electron chi connectivity index (χ2n) is 5.53. The highest BCUT2D eigenvalue weighted by molar-refractivity contribution is 5.47. The lowest BCUT2D eigenvalue weighted by Gasteiger charge is -2.24. The van der Waals surface area contributed by atoms with E-state index in [4.69, 9.17) is 0 Å². The normalized spacial score (nSPS) is 16.3. The van der Waals surface area contributed by atoms with Gasteiger partial charge in [0.1, 0.15) is 5.82 Å². The molecule has 0 bridgehead atoms. The van der Waals surface area contributed by atoms with Crippen molar-refractivity contribution in [1.82, 2.24) is 9.55 Å². The van der Waals surface area contributed by atoms with E-state index in [1.54, 1.807) is 18.3 Å². The van der Waals surface area contributed by atoms with E-state index in [0.29, 0.717) is 6.04 Å². The van der Waals surface area contributed by atoms with Crippen molar-refractivity contribution in [2.24, 2.45) is 0 Å². The number of rotatable bonds is 3. The molecule has 1 aromatic heterocycles. The predicted molar refractivity (Wildman–Crippen MR) is 78.8 cm³/mol. The highest BCUT2D eigenvalue weighted by Crippen LogP contribution is 2.24. The molecule has 3 nitrogen and oxygen atoms in total. The first kappa shape index (κ1) is 13.2. The minimum atomic E-state index is -0.201. The van der Waals surface area contributed by atoms with Crippen LogP contribution >= 0.6 is 0 Å². The van der Waals surface area contributed by atoms with Crippen molar-refractivity contribution in [3.05, 3.63) is 42.0 Å². The van der Waals surface area contributed by atoms with Crippen molar-refractivity contribution >= 4 is 5.95 Å². The van der Waals surface area contributed by atoms with Gasteiger partial charge in [-0.2, -0.15) is 0 Å². The first-order chi connectivity index (χ1) is 9.74. The van der Waals surface area contributed by atoms with Gasteiger partial charge < -0.3 is 5.32 Å². The summed E-state index contributed by atoms with van der Waals surface area (Å²) in [6.07, 6.45) is 10.0. The number of aryl methyl sites for hydroxylation is 1. The van der Waals surface area contributed by atoms with E-state index in [2.05, 4.69) is 10.3 Å². The molecule has 0 amide bonds. The van der Waals surface area contributed by atoms with Crippen molar-refractivity contribution < 1.29 is 4.39 Å². The summed E-state index contributed by atoms with van der Waals surface area (Å²) >= 11 is 0. The standard InChI is InChI=1S/C16H20FN3/c1-12-11-13(17)7-8-15(12)20-10-9-18-16(20)19-14-5-3-2-4-6-14/h7-11,14H,2-6H2,1H3,(H,18,19). The molecule has 0 spiro atoms. The Morgan fingerprint density at radius 2 is 2.05 bits per heavy atom. The minimum Gasteiger partial charge on any atom is -0.353 e. The second-order valence-corrected chi connectivity index (χ2v) is 5.53. The highest BCUT2D eigenvalue weighted by Gasteiger charge is 2.16. The minimum absolute atomic E-state index is 0.201. The molecule has 3 rings (SSSR count). The zero-order valence-corrected chi connectivity index (χ0v) is 11.8. The van der Waals surface area contributed by atoms with E-state index < -0.39 is 0 Å². The maximum absolute atomic E-state index is 13.2. The van der Waals surface area contributed by atoms with E-state index >= 15 is 0 Å². The van der Waals surface area contributed by atoms with Crippen LogP contribution in [0.25, 0.3) is 5.69 Å². The average Bonchev–Trinajstić information content (AvgIpc) is 2.88. The predicted octanol–water partition coefficient (Wildman–Crippen LogP) is 4.06. The van der Waals surface area contributed by atoms with Crippen LogP contribution in [0.3, 0.4) is 0 Å². The molecule has 4 heteroatoms. The SMILES string of the molecule is Cc1cc(F)ccc1-n1ccnc1NC1CCCCC1. The summed E-state index contributed by atoms with van der Waals surface area (Å²) in [6, 6.07) is 5.36. The molecular weight excluding hydrogens is 253 g/mol. The summed E-state index contributed by atoms with van der Waals surface area (Å²) in [6.45, 7) is 1.92. The second kappa shape index (κ2) is 5.65. The zero-order chi connectivity index (χ0) is 13.9. The Morgan fingerprint density at radius 1 is 1.25 bits per heavy atom. The molecule has 1 aliphatic rings. The molecule has 0 radical (unpaired) electrons. The Hall–Kier alpha value is -1.84. The van der Waals surface area contributed by atoms with Gasteiger partial charge >= 0.3 is 0 Å². The van der Waals surface area contributed by atoms with Gasteiger partial charge in [-0.25, -0.2) is 9.37 Å². The van der Waals surface area contributed by atoms with Gasteiger partial charge in [0.25, 0.3) is 0 Å². The molecule has 1 N–H and O–H groups in total. The van der Waals surface area contributed by atoms with E-state index in [-0.39, 0.29) is 5.82 Å². The van der Waals surface area contributed by atoms with Crippen LogP contribution in [0.15, 0.2) is 30.6 Å². The van der Waals surface area contributed by atoms with E-state index in [1.807, 2.05) is 17.7 Å². The number of halogens is 1. The lowest BCUT2D eigenvalue weighted by Crippen LogP contribution is -2.24. The van der Waals surface area contributed by atoms with Crippen molar-refractivity contribution in [2.75, 3.05) is 5.32 Å². The van der Waals surface area contributed by atoms with Gasteiger partial charge in [0.2, 0.25) is 5.95 Å². The number of hydrogen-bond acceptors (Lipinski definition) is 2. The van der Waals surface area contributed by atoms with Gasteiger partial charge in [0.05, 0.1) is 5.69 Å². The lowest BCUT2D eigenvalue weighted by atomic mass is 9.96. The fraction of sp³-hybridized carbons (Fsp3) is 0.438. The van der Waals surface area contributed by atoms with Crippen LogP contribution in [0.2, 0.25) is 0 Å². The van der Waals surface area contributed by atoms with Crippen molar-refractivity contribution in [3.63, 3.8) is 0 Å². The third kappa shape index (κ3) is 2.69. The van der Waals surface area contributed by atoms with E-state index in [1.165, 1.54) is 38.2 Å². The highest BCUT2D eigenvalue weighted by atomic mass is 19.1. The largest absolute Gasteiger partial charge is 0.353 e. The third-order valence-corrected chi connectivity index (χ3v) is 4.00. The van der Waals surface area contributed by atoms with Gasteiger partial charge in [-0.05, 0) is 43.5 Å². The lowest BCUT2D eigenvalue weighted by molar-refractivity contribution is 0.460. The molecule has 1 aromatic carbocycles. The summed E-state index contributed by atoms with van der Waals surface area (Å²) in [5, 5.41) is 3.53. The molecule has 0 unspecified atom stereocenters. The third-order valence-electron chi connectivity index (χ3n) is 4.00. The molecular formula is C16H20FN3. The van der Waals surface area contributed by atoms with Crippen LogP contribution in [0.4, 0.5) is 10.3 Å². The Labute approximate surface area is 118 Å². The number of imidazole rings is 1. The maximum Gasteiger partial charge on any atom is 0.207 e. The molecule has 0 atom stereocenters. The monoisotopic (exact) mass is 273 g/mol. The molecule has 0 saturated heterocycles. The quantitative estimate of drug-likeness (QED) is 0.913. The van der Waals surface area contributed by atoms with Gasteiger partial charge in [0.15, 0.2) is 0 Å². The number of nitrogens with one attached hydrogen (secondary N) is 1. The first-order valence-corrected chi connectivity index (χ1v) is 7.30. The van der Waals surface area contributed by atoms with E-state index in [0.717, 1.165) is 17.2 Å². The van der Waals surface area contributed by atoms with Crippen molar-refractivity contribution in [2.45, 2.75) is 45.1 Å². The molecule has 106 valence electrons. The van der Waals surface area contributed by atoms with Gasteiger partial charge in [-0.1, -0.05) is 19.3 Å². The number of anilines is 1. The summed E-state index contributed by atoms with van der Waals surface area (Å²) in [5.41, 5.74) is 1.89. The van der Waals surface area contributed by atoms with Gasteiger partial charge in [-0.3, -0.25) is 4.57 Å². The Bertz CT molecular complexity index is 585. The smallest absolute Gasteiger partial charge is 0.207 e. The Kier molecular flexibility index (Phi) is 3.72. The van der Waals surface area contributed by atoms with Crippen LogP contribution in [0.1, 0.15) is 37.7 Å². The summed E-state index contributed by atoms with van der Waals surface area (Å²) in [5.74, 6) is 0.653. The number of benzene rings is 1. The fourth-order valence-electron chi connectivity index (χ4n) is 2.92. The maximum atomic E-state index is 13.2. The summed E-state index contributed by atoms with van der Waals surface area (Å²) in [4.78, 5) is 4.41.